The second-order valence-corrected chi connectivity index (χ2v) is 7.14. The molecule has 0 aliphatic rings. The number of aromatic hydroxyl groups is 1. The Kier molecular flexibility index (Phi) is 5.52. The number of tetrazole rings is 1. The molecule has 7 nitrogen and oxygen atoms in total. The smallest absolute Gasteiger partial charge is 0.235 e. The van der Waals surface area contributed by atoms with Crippen LogP contribution in [0.4, 0.5) is 0 Å². The van der Waals surface area contributed by atoms with Crippen LogP contribution in [0.5, 0.6) is 5.75 Å². The number of thioether (sulfide) groups is 1. The predicted molar refractivity (Wildman–Crippen MR) is 99.1 cm³/mol. The quantitative estimate of drug-likeness (QED) is 0.672. The molecule has 8 heteroatoms. The van der Waals surface area contributed by atoms with Gasteiger partial charge in [-0.2, -0.15) is 4.68 Å². The molecule has 0 bridgehead atoms. The molecule has 1 amide bonds. The molecule has 3 rings (SSSR count). The molecule has 1 heterocycles. The van der Waals surface area contributed by atoms with Gasteiger partial charge in [-0.15, -0.1) is 5.10 Å². The third-order valence-electron chi connectivity index (χ3n) is 3.80. The minimum Gasteiger partial charge on any atom is -0.508 e. The number of carbonyl (C=O) groups is 1. The van der Waals surface area contributed by atoms with Crippen LogP contribution in [0.1, 0.15) is 12.5 Å². The van der Waals surface area contributed by atoms with Gasteiger partial charge in [0.15, 0.2) is 0 Å². The lowest BCUT2D eigenvalue weighted by atomic mass is 10.2. The number of phenolic OH excluding ortho intramolecular Hbond substituents is 1. The molecule has 3 aromatic rings. The van der Waals surface area contributed by atoms with Crippen molar-refractivity contribution in [1.82, 2.24) is 25.1 Å². The third-order valence-corrected chi connectivity index (χ3v) is 4.82. The van der Waals surface area contributed by atoms with Crippen LogP contribution in [-0.2, 0) is 11.3 Å². The summed E-state index contributed by atoms with van der Waals surface area (Å²) in [6, 6.07) is 16.4. The molecule has 0 unspecified atom stereocenters. The number of nitrogens with zero attached hydrogens (tertiary/aromatic N) is 5. The summed E-state index contributed by atoms with van der Waals surface area (Å²) in [5.74, 6) is 0.168. The molecule has 0 aliphatic carbocycles. The van der Waals surface area contributed by atoms with Gasteiger partial charge in [0, 0.05) is 13.6 Å². The molecule has 1 atom stereocenters. The van der Waals surface area contributed by atoms with Crippen molar-refractivity contribution in [2.24, 2.45) is 0 Å². The molecule has 26 heavy (non-hydrogen) atoms. The number of benzene rings is 2. The van der Waals surface area contributed by atoms with Gasteiger partial charge in [-0.3, -0.25) is 4.79 Å². The van der Waals surface area contributed by atoms with E-state index in [2.05, 4.69) is 15.5 Å². The highest BCUT2D eigenvalue weighted by Crippen LogP contribution is 2.25. The summed E-state index contributed by atoms with van der Waals surface area (Å²) in [7, 11) is 1.79. The van der Waals surface area contributed by atoms with Gasteiger partial charge in [-0.1, -0.05) is 42.1 Å². The Morgan fingerprint density at radius 2 is 1.88 bits per heavy atom. The summed E-state index contributed by atoms with van der Waals surface area (Å²) in [6.07, 6.45) is 0. The number of rotatable bonds is 6. The summed E-state index contributed by atoms with van der Waals surface area (Å²) in [4.78, 5) is 14.4. The van der Waals surface area contributed by atoms with Crippen molar-refractivity contribution in [2.75, 3.05) is 7.05 Å². The first-order chi connectivity index (χ1) is 12.5. The van der Waals surface area contributed by atoms with Crippen LogP contribution in [0.2, 0.25) is 0 Å². The van der Waals surface area contributed by atoms with Crippen molar-refractivity contribution in [3.8, 4) is 11.4 Å². The van der Waals surface area contributed by atoms with E-state index in [1.165, 1.54) is 11.8 Å². The average molecular weight is 369 g/mol. The number of phenols is 1. The maximum Gasteiger partial charge on any atom is 0.235 e. The zero-order chi connectivity index (χ0) is 18.5. The molecule has 0 saturated heterocycles. The van der Waals surface area contributed by atoms with Crippen molar-refractivity contribution in [3.63, 3.8) is 0 Å². The van der Waals surface area contributed by atoms with Crippen LogP contribution in [0.25, 0.3) is 5.69 Å². The Hall–Kier alpha value is -2.87. The number of hydrogen-bond donors (Lipinski definition) is 1. The minimum absolute atomic E-state index is 0.000825. The van der Waals surface area contributed by atoms with E-state index < -0.39 is 0 Å². The van der Waals surface area contributed by atoms with Gasteiger partial charge in [-0.25, -0.2) is 0 Å². The first kappa shape index (κ1) is 17.9. The topological polar surface area (TPSA) is 84.1 Å². The summed E-state index contributed by atoms with van der Waals surface area (Å²) < 4.78 is 1.55. The Labute approximate surface area is 155 Å². The van der Waals surface area contributed by atoms with Gasteiger partial charge in [0.1, 0.15) is 5.75 Å². The molecule has 1 aromatic heterocycles. The van der Waals surface area contributed by atoms with Gasteiger partial charge in [0.2, 0.25) is 11.1 Å². The minimum atomic E-state index is -0.342. The lowest BCUT2D eigenvalue weighted by Gasteiger charge is -2.21. The van der Waals surface area contributed by atoms with Crippen LogP contribution >= 0.6 is 11.8 Å². The highest BCUT2D eigenvalue weighted by molar-refractivity contribution is 8.00. The lowest BCUT2D eigenvalue weighted by Crippen LogP contribution is -2.32. The van der Waals surface area contributed by atoms with E-state index in [9.17, 15) is 9.90 Å². The molecular weight excluding hydrogens is 350 g/mol. The molecule has 0 saturated carbocycles. The highest BCUT2D eigenvalue weighted by Gasteiger charge is 2.22. The highest BCUT2D eigenvalue weighted by atomic mass is 32.2. The SMILES string of the molecule is C[C@@H](Sc1nnnn1-c1ccc(O)cc1)C(=O)N(C)Cc1ccccc1. The van der Waals surface area contributed by atoms with E-state index >= 15 is 0 Å². The van der Waals surface area contributed by atoms with Gasteiger partial charge in [-0.05, 0) is 47.2 Å². The van der Waals surface area contributed by atoms with Gasteiger partial charge in [0.05, 0.1) is 10.9 Å². The first-order valence-corrected chi connectivity index (χ1v) is 8.96. The molecule has 0 radical (unpaired) electrons. The number of aromatic nitrogens is 4. The molecule has 134 valence electrons. The monoisotopic (exact) mass is 369 g/mol. The van der Waals surface area contributed by atoms with Crippen molar-refractivity contribution in [3.05, 3.63) is 60.2 Å². The molecule has 2 aromatic carbocycles. The van der Waals surface area contributed by atoms with Crippen LogP contribution in [0.15, 0.2) is 59.8 Å². The zero-order valence-electron chi connectivity index (χ0n) is 14.5. The standard InChI is InChI=1S/C18H19N5O2S/c1-13(17(25)22(2)12-14-6-4-3-5-7-14)26-18-19-20-21-23(18)15-8-10-16(24)11-9-15/h3-11,13,24H,12H2,1-2H3/t13-/m1/s1. The van der Waals surface area contributed by atoms with Crippen LogP contribution in [0, 0.1) is 0 Å². The average Bonchev–Trinajstić information content (AvgIpc) is 3.10. The van der Waals surface area contributed by atoms with Gasteiger partial charge < -0.3 is 10.0 Å². The number of hydrogen-bond acceptors (Lipinski definition) is 6. The largest absolute Gasteiger partial charge is 0.508 e. The molecule has 1 N–H and O–H groups in total. The summed E-state index contributed by atoms with van der Waals surface area (Å²) in [5, 5.41) is 21.3. The van der Waals surface area contributed by atoms with Gasteiger partial charge >= 0.3 is 0 Å². The van der Waals surface area contributed by atoms with Crippen LogP contribution < -0.4 is 0 Å². The Morgan fingerprint density at radius 3 is 2.58 bits per heavy atom. The van der Waals surface area contributed by atoms with Crippen molar-refractivity contribution >= 4 is 17.7 Å². The maximum atomic E-state index is 12.7. The molecule has 0 spiro atoms. The third kappa shape index (κ3) is 4.20. The normalized spacial score (nSPS) is 11.9. The van der Waals surface area contributed by atoms with E-state index in [0.29, 0.717) is 17.4 Å². The molecular formula is C18H19N5O2S. The maximum absolute atomic E-state index is 12.7. The zero-order valence-corrected chi connectivity index (χ0v) is 15.3. The summed E-state index contributed by atoms with van der Waals surface area (Å²) in [5.41, 5.74) is 1.79. The summed E-state index contributed by atoms with van der Waals surface area (Å²) >= 11 is 1.30. The van der Waals surface area contributed by atoms with E-state index in [1.807, 2.05) is 37.3 Å². The van der Waals surface area contributed by atoms with E-state index in [4.69, 9.17) is 0 Å². The Balaban J connectivity index is 1.68. The fourth-order valence-corrected chi connectivity index (χ4v) is 3.38. The second-order valence-electron chi connectivity index (χ2n) is 5.83. The molecule has 0 fully saturated rings. The van der Waals surface area contributed by atoms with E-state index in [-0.39, 0.29) is 16.9 Å². The Bertz CT molecular complexity index is 867. The fourth-order valence-electron chi connectivity index (χ4n) is 2.46. The van der Waals surface area contributed by atoms with E-state index in [1.54, 1.807) is 40.9 Å². The lowest BCUT2D eigenvalue weighted by molar-refractivity contribution is -0.129. The van der Waals surface area contributed by atoms with Crippen LogP contribution in [-0.4, -0.2) is 48.4 Å². The van der Waals surface area contributed by atoms with Crippen molar-refractivity contribution < 1.29 is 9.90 Å². The molecule has 0 aliphatic heterocycles. The van der Waals surface area contributed by atoms with E-state index in [0.717, 1.165) is 5.56 Å². The first-order valence-electron chi connectivity index (χ1n) is 8.08. The number of amides is 1. The predicted octanol–water partition coefficient (Wildman–Crippen LogP) is 2.51. The van der Waals surface area contributed by atoms with Crippen molar-refractivity contribution in [1.29, 1.82) is 0 Å². The van der Waals surface area contributed by atoms with Crippen molar-refractivity contribution in [2.45, 2.75) is 23.9 Å². The number of carbonyl (C=O) groups excluding carboxylic acids is 1. The van der Waals surface area contributed by atoms with Crippen LogP contribution in [0.3, 0.4) is 0 Å². The summed E-state index contributed by atoms with van der Waals surface area (Å²) in [6.45, 7) is 2.39. The Morgan fingerprint density at radius 1 is 1.19 bits per heavy atom. The van der Waals surface area contributed by atoms with Gasteiger partial charge in [0.25, 0.3) is 0 Å². The fraction of sp³-hybridized carbons (Fsp3) is 0.222. The second kappa shape index (κ2) is 8.01.